The van der Waals surface area contributed by atoms with Gasteiger partial charge in [0, 0.05) is 6.42 Å². The Morgan fingerprint density at radius 3 is 1.35 bits per heavy atom. The second kappa shape index (κ2) is 48.9. The Hall–Kier alpha value is -3.10. The maximum Gasteiger partial charge on any atom is 0.268 e. The van der Waals surface area contributed by atoms with Crippen molar-refractivity contribution in [1.82, 2.24) is 5.32 Å². The maximum atomic E-state index is 12.8. The predicted octanol–water partition coefficient (Wildman–Crippen LogP) is 15.6. The number of carbonyl (C=O) groups is 1. The van der Waals surface area contributed by atoms with Crippen LogP contribution in [-0.2, 0) is 18.4 Å². The molecule has 0 aliphatic rings. The molecule has 0 rings (SSSR count). The summed E-state index contributed by atoms with van der Waals surface area (Å²) in [7, 11) is 1.22. The zero-order valence-electron chi connectivity index (χ0n) is 44.0. The molecule has 3 atom stereocenters. The van der Waals surface area contributed by atoms with E-state index in [2.05, 4.69) is 129 Å². The molecule has 0 heterocycles. The van der Waals surface area contributed by atoms with Crippen molar-refractivity contribution in [3.63, 3.8) is 0 Å². The molecule has 0 bridgehead atoms. The van der Waals surface area contributed by atoms with E-state index < -0.39 is 26.6 Å². The van der Waals surface area contributed by atoms with Crippen LogP contribution in [0.1, 0.15) is 194 Å². The summed E-state index contributed by atoms with van der Waals surface area (Å²) >= 11 is 0. The molecule has 8 nitrogen and oxygen atoms in total. The quantitative estimate of drug-likeness (QED) is 0.0272. The van der Waals surface area contributed by atoms with Gasteiger partial charge in [0.1, 0.15) is 13.2 Å². The van der Waals surface area contributed by atoms with E-state index >= 15 is 0 Å². The van der Waals surface area contributed by atoms with Crippen LogP contribution in [0.5, 0.6) is 0 Å². The largest absolute Gasteiger partial charge is 0.756 e. The first kappa shape index (κ1) is 64.9. The second-order valence-corrected chi connectivity index (χ2v) is 20.2. The van der Waals surface area contributed by atoms with Crippen LogP contribution in [0.2, 0.25) is 0 Å². The summed E-state index contributed by atoms with van der Waals surface area (Å²) < 4.78 is 23.1. The summed E-state index contributed by atoms with van der Waals surface area (Å²) in [4.78, 5) is 25.2. The second-order valence-electron chi connectivity index (χ2n) is 18.8. The highest BCUT2D eigenvalue weighted by molar-refractivity contribution is 7.45. The third kappa shape index (κ3) is 50.8. The third-order valence-electron chi connectivity index (χ3n) is 11.1. The minimum atomic E-state index is -4.59. The SMILES string of the molecule is CC/C=C\C/C=C\C/C=C\C/C=C\C/C=C\C/C=C\C/C=C\C/C=C\CCCCCCCCCCCCCCCCC(=O)NC(COP(=O)([O-])OCC[N+](C)(C)C)C(O)/C=C/CC/C=C/CCC. The fourth-order valence-corrected chi connectivity index (χ4v) is 7.68. The number of aliphatic hydroxyl groups is 1. The summed E-state index contributed by atoms with van der Waals surface area (Å²) in [5, 5.41) is 13.7. The topological polar surface area (TPSA) is 108 Å². The van der Waals surface area contributed by atoms with Crippen molar-refractivity contribution in [2.45, 2.75) is 206 Å². The standard InChI is InChI=1S/C59H101N2O6P/c1-6-8-10-12-14-15-16-17-18-19-20-21-22-23-24-25-26-27-28-29-30-31-32-33-34-35-36-37-38-39-40-41-42-43-44-45-47-49-51-53-59(63)60-57(58(62)52-50-48-46-13-11-9-7-2)56-67-68(64,65)66-55-54-61(3,4)5/h8,10-11,13-15,17-18,20-21,23-24,26-27,29-30,32-33,50,52,57-58,62H,6-7,9,12,16,19,22,25,28,31,34-49,51,53-56H2,1-5H3,(H-,60,63,64,65)/b10-8-,13-11+,15-14-,18-17-,21-20-,24-23-,27-26-,30-29-,33-32-,52-50+. The van der Waals surface area contributed by atoms with Gasteiger partial charge in [0.05, 0.1) is 39.9 Å². The smallest absolute Gasteiger partial charge is 0.268 e. The number of rotatable bonds is 47. The number of likely N-dealkylation sites (N-methyl/N-ethyl adjacent to an activating group) is 1. The first-order chi connectivity index (χ1) is 33.0. The number of allylic oxidation sites excluding steroid dienone is 19. The first-order valence-electron chi connectivity index (χ1n) is 26.9. The zero-order valence-corrected chi connectivity index (χ0v) is 44.9. The van der Waals surface area contributed by atoms with Crippen molar-refractivity contribution in [3.8, 4) is 0 Å². The Labute approximate surface area is 418 Å². The summed E-state index contributed by atoms with van der Waals surface area (Å²) in [5.41, 5.74) is 0. The van der Waals surface area contributed by atoms with Crippen LogP contribution in [0.15, 0.2) is 122 Å². The van der Waals surface area contributed by atoms with Crippen molar-refractivity contribution in [3.05, 3.63) is 122 Å². The van der Waals surface area contributed by atoms with Gasteiger partial charge in [-0.25, -0.2) is 0 Å². The monoisotopic (exact) mass is 965 g/mol. The lowest BCUT2D eigenvalue weighted by atomic mass is 10.0. The summed E-state index contributed by atoms with van der Waals surface area (Å²) in [5.74, 6) is -0.218. The molecule has 388 valence electrons. The molecule has 2 N–H and O–H groups in total. The predicted molar refractivity (Wildman–Crippen MR) is 292 cm³/mol. The molecule has 68 heavy (non-hydrogen) atoms. The van der Waals surface area contributed by atoms with E-state index in [-0.39, 0.29) is 12.5 Å². The summed E-state index contributed by atoms with van der Waals surface area (Å²) in [6.07, 6.45) is 73.2. The number of unbranched alkanes of at least 4 members (excludes halogenated alkanes) is 16. The van der Waals surface area contributed by atoms with Crippen LogP contribution in [0, 0.1) is 0 Å². The molecule has 0 spiro atoms. The lowest BCUT2D eigenvalue weighted by Crippen LogP contribution is -2.45. The Morgan fingerprint density at radius 2 is 0.912 bits per heavy atom. The van der Waals surface area contributed by atoms with Gasteiger partial charge in [0.25, 0.3) is 7.82 Å². The van der Waals surface area contributed by atoms with Crippen LogP contribution in [0.25, 0.3) is 0 Å². The van der Waals surface area contributed by atoms with Gasteiger partial charge in [-0.3, -0.25) is 9.36 Å². The minimum absolute atomic E-state index is 0.0118. The number of hydrogen-bond donors (Lipinski definition) is 2. The van der Waals surface area contributed by atoms with E-state index in [1.807, 2.05) is 27.2 Å². The number of hydrogen-bond acceptors (Lipinski definition) is 6. The molecule has 0 aliphatic carbocycles. The molecule has 3 unspecified atom stereocenters. The van der Waals surface area contributed by atoms with Crippen molar-refractivity contribution in [2.75, 3.05) is 40.9 Å². The highest BCUT2D eigenvalue weighted by atomic mass is 31.2. The Morgan fingerprint density at radius 1 is 0.529 bits per heavy atom. The molecule has 0 fully saturated rings. The van der Waals surface area contributed by atoms with E-state index in [1.54, 1.807) is 6.08 Å². The first-order valence-corrected chi connectivity index (χ1v) is 28.4. The lowest BCUT2D eigenvalue weighted by molar-refractivity contribution is -0.870. The van der Waals surface area contributed by atoms with Gasteiger partial charge in [-0.2, -0.15) is 0 Å². The highest BCUT2D eigenvalue weighted by Gasteiger charge is 2.23. The molecule has 0 saturated carbocycles. The van der Waals surface area contributed by atoms with E-state index in [0.29, 0.717) is 17.4 Å². The van der Waals surface area contributed by atoms with Gasteiger partial charge in [-0.05, 0) is 89.9 Å². The number of nitrogens with zero attached hydrogens (tertiary/aromatic N) is 1. The number of quaternary nitrogens is 1. The third-order valence-corrected chi connectivity index (χ3v) is 12.1. The molecule has 0 aromatic rings. The molecule has 1 amide bonds. The highest BCUT2D eigenvalue weighted by Crippen LogP contribution is 2.38. The van der Waals surface area contributed by atoms with E-state index in [0.717, 1.165) is 96.3 Å². The van der Waals surface area contributed by atoms with Gasteiger partial charge in [-0.15, -0.1) is 0 Å². The molecule has 0 aliphatic heterocycles. The maximum absolute atomic E-state index is 12.8. The van der Waals surface area contributed by atoms with Crippen molar-refractivity contribution >= 4 is 13.7 Å². The fourth-order valence-electron chi connectivity index (χ4n) is 6.96. The number of amides is 1. The van der Waals surface area contributed by atoms with Crippen LogP contribution >= 0.6 is 7.82 Å². The number of aliphatic hydroxyl groups excluding tert-OH is 1. The zero-order chi connectivity index (χ0) is 49.9. The lowest BCUT2D eigenvalue weighted by Gasteiger charge is -2.29. The Bertz CT molecular complexity index is 1510. The van der Waals surface area contributed by atoms with Crippen LogP contribution in [-0.4, -0.2) is 68.5 Å². The van der Waals surface area contributed by atoms with Crippen molar-refractivity contribution in [2.24, 2.45) is 0 Å². The van der Waals surface area contributed by atoms with Crippen LogP contribution in [0.4, 0.5) is 0 Å². The number of carbonyl (C=O) groups excluding carboxylic acids is 1. The number of phosphoric ester groups is 1. The molecular formula is C59H101N2O6P. The number of nitrogens with one attached hydrogen (secondary N) is 1. The summed E-state index contributed by atoms with van der Waals surface area (Å²) in [6.45, 7) is 4.37. The molecule has 9 heteroatoms. The molecule has 0 saturated heterocycles. The average Bonchev–Trinajstić information content (AvgIpc) is 3.30. The minimum Gasteiger partial charge on any atom is -0.756 e. The molecule has 0 aromatic carbocycles. The van der Waals surface area contributed by atoms with Gasteiger partial charge >= 0.3 is 0 Å². The van der Waals surface area contributed by atoms with E-state index in [9.17, 15) is 19.4 Å². The van der Waals surface area contributed by atoms with Crippen LogP contribution in [0.3, 0.4) is 0 Å². The molecule has 0 aromatic heterocycles. The fraction of sp³-hybridized carbons (Fsp3) is 0.644. The van der Waals surface area contributed by atoms with E-state index in [1.165, 1.54) is 77.0 Å². The van der Waals surface area contributed by atoms with Gasteiger partial charge in [0.2, 0.25) is 5.91 Å². The average molecular weight is 965 g/mol. The molecular weight excluding hydrogens is 864 g/mol. The Balaban J connectivity index is 3.92. The van der Waals surface area contributed by atoms with Gasteiger partial charge in [-0.1, -0.05) is 219 Å². The van der Waals surface area contributed by atoms with Crippen LogP contribution < -0.4 is 10.2 Å². The van der Waals surface area contributed by atoms with Crippen molar-refractivity contribution in [1.29, 1.82) is 0 Å². The van der Waals surface area contributed by atoms with E-state index in [4.69, 9.17) is 9.05 Å². The van der Waals surface area contributed by atoms with Crippen molar-refractivity contribution < 1.29 is 32.9 Å². The van der Waals surface area contributed by atoms with Gasteiger partial charge < -0.3 is 28.8 Å². The molecule has 0 radical (unpaired) electrons. The Kier molecular flexibility index (Phi) is 46.7. The summed E-state index contributed by atoms with van der Waals surface area (Å²) in [6, 6.07) is -0.907. The van der Waals surface area contributed by atoms with Gasteiger partial charge in [0.15, 0.2) is 0 Å². The number of phosphoric acid groups is 1. The normalized spacial score (nSPS) is 15.0.